The Bertz CT molecular complexity index is 280. The van der Waals surface area contributed by atoms with Crippen molar-refractivity contribution in [1.82, 2.24) is 10.6 Å². The summed E-state index contributed by atoms with van der Waals surface area (Å²) in [4.78, 5) is 22.8. The van der Waals surface area contributed by atoms with Crippen LogP contribution in [0.15, 0.2) is 0 Å². The summed E-state index contributed by atoms with van der Waals surface area (Å²) in [6, 6.07) is 0. The Kier molecular flexibility index (Phi) is 5.45. The van der Waals surface area contributed by atoms with Crippen LogP contribution < -0.4 is 10.6 Å². The van der Waals surface area contributed by atoms with E-state index < -0.39 is 11.7 Å². The Balaban J connectivity index is 3.97. The second kappa shape index (κ2) is 5.89. The van der Waals surface area contributed by atoms with E-state index in [1.807, 2.05) is 20.8 Å². The molecule has 0 saturated heterocycles. The highest BCUT2D eigenvalue weighted by molar-refractivity contribution is 5.82. The van der Waals surface area contributed by atoms with E-state index in [1.54, 1.807) is 20.8 Å². The van der Waals surface area contributed by atoms with Crippen LogP contribution in [0.5, 0.6) is 0 Å². The maximum Gasteiger partial charge on any atom is 0.408 e. The Morgan fingerprint density at radius 3 is 2.06 bits per heavy atom. The van der Waals surface area contributed by atoms with Gasteiger partial charge in [-0.1, -0.05) is 6.92 Å². The summed E-state index contributed by atoms with van der Waals surface area (Å²) >= 11 is 0. The fourth-order valence-corrected chi connectivity index (χ4v) is 0.977. The number of carbonyl (C=O) groups excluding carboxylic acids is 2. The summed E-state index contributed by atoms with van der Waals surface area (Å²) in [6.45, 7) is 11.1. The molecule has 17 heavy (non-hydrogen) atoms. The molecule has 0 unspecified atom stereocenters. The van der Waals surface area contributed by atoms with Gasteiger partial charge in [0.2, 0.25) is 5.91 Å². The summed E-state index contributed by atoms with van der Waals surface area (Å²) in [5, 5.41) is 5.23. The van der Waals surface area contributed by atoms with Gasteiger partial charge in [0, 0.05) is 5.54 Å². The van der Waals surface area contributed by atoms with E-state index in [1.165, 1.54) is 0 Å². The summed E-state index contributed by atoms with van der Waals surface area (Å²) in [5.41, 5.74) is -0.810. The van der Waals surface area contributed by atoms with E-state index in [-0.39, 0.29) is 18.0 Å². The van der Waals surface area contributed by atoms with Gasteiger partial charge in [-0.15, -0.1) is 0 Å². The van der Waals surface area contributed by atoms with Gasteiger partial charge in [0.15, 0.2) is 0 Å². The summed E-state index contributed by atoms with van der Waals surface area (Å²) in [6.07, 6.45) is 0.243. The van der Waals surface area contributed by atoms with Crippen LogP contribution in [0.1, 0.15) is 48.0 Å². The van der Waals surface area contributed by atoms with Crippen molar-refractivity contribution in [3.8, 4) is 0 Å². The fraction of sp³-hybridized carbons (Fsp3) is 0.833. The Hall–Kier alpha value is -1.26. The molecule has 0 aliphatic heterocycles. The van der Waals surface area contributed by atoms with Gasteiger partial charge in [-0.3, -0.25) is 4.79 Å². The predicted octanol–water partition coefficient (Wildman–Crippen LogP) is 1.82. The average molecular weight is 244 g/mol. The van der Waals surface area contributed by atoms with Gasteiger partial charge in [-0.05, 0) is 41.0 Å². The monoisotopic (exact) mass is 244 g/mol. The molecule has 0 aromatic rings. The lowest BCUT2D eigenvalue weighted by Crippen LogP contribution is -2.47. The third kappa shape index (κ3) is 8.54. The normalized spacial score (nSPS) is 11.9. The number of hydrogen-bond acceptors (Lipinski definition) is 3. The van der Waals surface area contributed by atoms with Gasteiger partial charge in [0.25, 0.3) is 0 Å². The van der Waals surface area contributed by atoms with Gasteiger partial charge < -0.3 is 15.4 Å². The highest BCUT2D eigenvalue weighted by atomic mass is 16.6. The lowest BCUT2D eigenvalue weighted by atomic mass is 10.0. The molecule has 0 aromatic carbocycles. The number of amides is 2. The molecule has 0 rings (SSSR count). The van der Waals surface area contributed by atoms with Crippen LogP contribution in [-0.4, -0.2) is 29.7 Å². The van der Waals surface area contributed by atoms with E-state index in [4.69, 9.17) is 4.74 Å². The van der Waals surface area contributed by atoms with Crippen molar-refractivity contribution in [2.75, 3.05) is 6.54 Å². The van der Waals surface area contributed by atoms with Crippen LogP contribution in [0.3, 0.4) is 0 Å². The van der Waals surface area contributed by atoms with Crippen LogP contribution in [0.25, 0.3) is 0 Å². The van der Waals surface area contributed by atoms with Crippen LogP contribution in [-0.2, 0) is 9.53 Å². The molecule has 0 fully saturated rings. The van der Waals surface area contributed by atoms with Crippen molar-refractivity contribution in [3.05, 3.63) is 0 Å². The number of ether oxygens (including phenoxy) is 1. The second-order valence-corrected chi connectivity index (χ2v) is 5.64. The topological polar surface area (TPSA) is 67.4 Å². The zero-order valence-electron chi connectivity index (χ0n) is 11.6. The van der Waals surface area contributed by atoms with Gasteiger partial charge in [-0.2, -0.15) is 0 Å². The average Bonchev–Trinajstić information content (AvgIpc) is 2.11. The minimum Gasteiger partial charge on any atom is -0.444 e. The third-order valence-corrected chi connectivity index (χ3v) is 2.15. The fourth-order valence-electron chi connectivity index (χ4n) is 0.977. The molecule has 5 nitrogen and oxygen atoms in total. The zero-order valence-corrected chi connectivity index (χ0v) is 11.6. The molecule has 0 bridgehead atoms. The van der Waals surface area contributed by atoms with Crippen molar-refractivity contribution < 1.29 is 14.3 Å². The van der Waals surface area contributed by atoms with E-state index in [0.717, 1.165) is 6.42 Å². The molecule has 5 heteroatoms. The zero-order chi connectivity index (χ0) is 13.7. The molecule has 100 valence electrons. The summed E-state index contributed by atoms with van der Waals surface area (Å²) < 4.78 is 5.01. The van der Waals surface area contributed by atoms with Crippen molar-refractivity contribution >= 4 is 12.0 Å². The molecule has 0 radical (unpaired) electrons. The number of alkyl carbamates (subject to hydrolysis) is 1. The standard InChI is InChI=1S/C12H24N2O3/c1-7-12(5,6)14-9(15)8-13-10(16)17-11(2,3)4/h7-8H2,1-6H3,(H,13,16)(H,14,15). The first kappa shape index (κ1) is 15.7. The minimum atomic E-state index is -0.582. The second-order valence-electron chi connectivity index (χ2n) is 5.64. The maximum absolute atomic E-state index is 11.5. The summed E-state index contributed by atoms with van der Waals surface area (Å²) in [5.74, 6) is -0.220. The molecule has 0 atom stereocenters. The number of rotatable bonds is 4. The van der Waals surface area contributed by atoms with Crippen LogP contribution in [0.2, 0.25) is 0 Å². The lowest BCUT2D eigenvalue weighted by Gasteiger charge is -2.25. The maximum atomic E-state index is 11.5. The van der Waals surface area contributed by atoms with Crippen LogP contribution in [0.4, 0.5) is 4.79 Å². The smallest absolute Gasteiger partial charge is 0.408 e. The lowest BCUT2D eigenvalue weighted by molar-refractivity contribution is -0.121. The predicted molar refractivity (Wildman–Crippen MR) is 66.7 cm³/mol. The first-order valence-electron chi connectivity index (χ1n) is 5.83. The Morgan fingerprint density at radius 2 is 1.65 bits per heavy atom. The number of hydrogen-bond donors (Lipinski definition) is 2. The molecule has 0 spiro atoms. The number of nitrogens with one attached hydrogen (secondary N) is 2. The molecule has 0 aliphatic rings. The van der Waals surface area contributed by atoms with Gasteiger partial charge in [0.05, 0.1) is 0 Å². The Labute approximate surface area is 103 Å². The minimum absolute atomic E-state index is 0.0711. The molecular weight excluding hydrogens is 220 g/mol. The first-order valence-corrected chi connectivity index (χ1v) is 5.83. The van der Waals surface area contributed by atoms with E-state index in [2.05, 4.69) is 10.6 Å². The van der Waals surface area contributed by atoms with Gasteiger partial charge >= 0.3 is 6.09 Å². The van der Waals surface area contributed by atoms with Crippen LogP contribution in [0, 0.1) is 0 Å². The number of carbonyl (C=O) groups is 2. The molecular formula is C12H24N2O3. The Morgan fingerprint density at radius 1 is 1.12 bits per heavy atom. The van der Waals surface area contributed by atoms with Gasteiger partial charge in [0.1, 0.15) is 12.1 Å². The SMILES string of the molecule is CCC(C)(C)NC(=O)CNC(=O)OC(C)(C)C. The van der Waals surface area contributed by atoms with E-state index in [0.29, 0.717) is 0 Å². The van der Waals surface area contributed by atoms with E-state index in [9.17, 15) is 9.59 Å². The summed E-state index contributed by atoms with van der Waals surface area (Å²) in [7, 11) is 0. The molecule has 0 heterocycles. The quantitative estimate of drug-likeness (QED) is 0.792. The highest BCUT2D eigenvalue weighted by Crippen LogP contribution is 2.07. The van der Waals surface area contributed by atoms with Crippen molar-refractivity contribution in [3.63, 3.8) is 0 Å². The molecule has 0 aromatic heterocycles. The first-order chi connectivity index (χ1) is 7.56. The van der Waals surface area contributed by atoms with Gasteiger partial charge in [-0.25, -0.2) is 4.79 Å². The van der Waals surface area contributed by atoms with Crippen molar-refractivity contribution in [1.29, 1.82) is 0 Å². The third-order valence-electron chi connectivity index (χ3n) is 2.15. The molecule has 0 saturated carbocycles. The molecule has 2 N–H and O–H groups in total. The molecule has 2 amide bonds. The van der Waals surface area contributed by atoms with E-state index >= 15 is 0 Å². The van der Waals surface area contributed by atoms with Crippen molar-refractivity contribution in [2.24, 2.45) is 0 Å². The largest absolute Gasteiger partial charge is 0.444 e. The van der Waals surface area contributed by atoms with Crippen LogP contribution >= 0.6 is 0 Å². The van der Waals surface area contributed by atoms with Crippen molar-refractivity contribution in [2.45, 2.75) is 59.1 Å². The molecule has 0 aliphatic carbocycles. The highest BCUT2D eigenvalue weighted by Gasteiger charge is 2.19.